The fraction of sp³-hybridized carbons (Fsp3) is 0.778. The van der Waals surface area contributed by atoms with Crippen LogP contribution in [-0.4, -0.2) is 34.6 Å². The predicted octanol–water partition coefficient (Wildman–Crippen LogP) is 0.640. The molecule has 0 bridgehead atoms. The molecule has 0 spiro atoms. The van der Waals surface area contributed by atoms with Gasteiger partial charge in [-0.05, 0) is 18.8 Å². The Hall–Kier alpha value is -1.26. The smallest absolute Gasteiger partial charge is 0.326 e. The first-order valence-corrected chi connectivity index (χ1v) is 4.85. The number of piperidine rings is 1. The van der Waals surface area contributed by atoms with Crippen molar-refractivity contribution in [2.24, 2.45) is 11.7 Å². The molecule has 1 heterocycles. The molecule has 1 rings (SSSR count). The number of hydrogen-bond donors (Lipinski definition) is 2. The van der Waals surface area contributed by atoms with Gasteiger partial charge in [-0.2, -0.15) is 0 Å². The zero-order valence-electron chi connectivity index (χ0n) is 8.27. The van der Waals surface area contributed by atoms with Crippen LogP contribution in [0.4, 0.5) is 4.79 Å². The van der Waals surface area contributed by atoms with Crippen molar-refractivity contribution in [3.63, 3.8) is 0 Å². The summed E-state index contributed by atoms with van der Waals surface area (Å²) in [6, 6.07) is -1.36. The number of primary amides is 1. The van der Waals surface area contributed by atoms with Gasteiger partial charge < -0.3 is 15.7 Å². The molecule has 2 atom stereocenters. The molecule has 0 radical (unpaired) electrons. The Balaban J connectivity index is 2.70. The van der Waals surface area contributed by atoms with Crippen molar-refractivity contribution in [3.8, 4) is 0 Å². The zero-order chi connectivity index (χ0) is 10.7. The van der Waals surface area contributed by atoms with Gasteiger partial charge in [-0.15, -0.1) is 0 Å². The number of amides is 2. The molecule has 2 unspecified atom stereocenters. The highest BCUT2D eigenvalue weighted by atomic mass is 16.4. The van der Waals surface area contributed by atoms with E-state index in [4.69, 9.17) is 10.8 Å². The van der Waals surface area contributed by atoms with Gasteiger partial charge in [0.2, 0.25) is 0 Å². The fourth-order valence-corrected chi connectivity index (χ4v) is 1.91. The third kappa shape index (κ3) is 2.16. The minimum atomic E-state index is -0.957. The van der Waals surface area contributed by atoms with Gasteiger partial charge in [0.25, 0.3) is 0 Å². The second kappa shape index (κ2) is 4.30. The first-order valence-electron chi connectivity index (χ1n) is 4.85. The lowest BCUT2D eigenvalue weighted by atomic mass is 9.89. The SMILES string of the molecule is CCC1CCN(C(N)=O)C(C(=O)O)C1. The van der Waals surface area contributed by atoms with Gasteiger partial charge in [-0.3, -0.25) is 0 Å². The van der Waals surface area contributed by atoms with E-state index in [0.717, 1.165) is 12.8 Å². The van der Waals surface area contributed by atoms with Crippen LogP contribution >= 0.6 is 0 Å². The molecule has 0 aromatic heterocycles. The maximum absolute atomic E-state index is 10.9. The molecule has 0 saturated carbocycles. The Kier molecular flexibility index (Phi) is 3.33. The van der Waals surface area contributed by atoms with Crippen LogP contribution in [0, 0.1) is 5.92 Å². The number of urea groups is 1. The Bertz CT molecular complexity index is 242. The quantitative estimate of drug-likeness (QED) is 0.686. The van der Waals surface area contributed by atoms with Crippen molar-refractivity contribution in [2.45, 2.75) is 32.2 Å². The molecule has 1 aliphatic heterocycles. The highest BCUT2D eigenvalue weighted by Crippen LogP contribution is 2.25. The van der Waals surface area contributed by atoms with Gasteiger partial charge in [0.15, 0.2) is 0 Å². The van der Waals surface area contributed by atoms with E-state index in [-0.39, 0.29) is 0 Å². The van der Waals surface area contributed by atoms with E-state index in [2.05, 4.69) is 0 Å². The highest BCUT2D eigenvalue weighted by molar-refractivity contribution is 5.81. The average molecular weight is 200 g/mol. The molecule has 80 valence electrons. The molecule has 5 heteroatoms. The molecular formula is C9H16N2O3. The van der Waals surface area contributed by atoms with E-state index in [1.807, 2.05) is 6.92 Å². The van der Waals surface area contributed by atoms with Crippen LogP contribution in [0.25, 0.3) is 0 Å². The highest BCUT2D eigenvalue weighted by Gasteiger charge is 2.34. The molecule has 0 aliphatic carbocycles. The van der Waals surface area contributed by atoms with E-state index in [0.29, 0.717) is 18.9 Å². The first kappa shape index (κ1) is 10.8. The van der Waals surface area contributed by atoms with E-state index in [1.165, 1.54) is 4.90 Å². The number of carboxylic acid groups (broad SMARTS) is 1. The molecule has 0 aromatic rings. The van der Waals surface area contributed by atoms with Crippen LogP contribution < -0.4 is 5.73 Å². The number of aliphatic carboxylic acids is 1. The van der Waals surface area contributed by atoms with E-state index < -0.39 is 18.0 Å². The van der Waals surface area contributed by atoms with Crippen LogP contribution in [0.2, 0.25) is 0 Å². The van der Waals surface area contributed by atoms with Crippen molar-refractivity contribution in [1.82, 2.24) is 4.90 Å². The number of carbonyl (C=O) groups excluding carboxylic acids is 1. The molecule has 2 amide bonds. The number of carbonyl (C=O) groups is 2. The topological polar surface area (TPSA) is 83.6 Å². The lowest BCUT2D eigenvalue weighted by Crippen LogP contribution is -2.52. The Morgan fingerprint density at radius 2 is 2.21 bits per heavy atom. The van der Waals surface area contributed by atoms with Crippen molar-refractivity contribution in [1.29, 1.82) is 0 Å². The second-order valence-electron chi connectivity index (χ2n) is 3.68. The van der Waals surface area contributed by atoms with E-state index in [1.54, 1.807) is 0 Å². The molecule has 1 saturated heterocycles. The van der Waals surface area contributed by atoms with Crippen molar-refractivity contribution < 1.29 is 14.7 Å². The van der Waals surface area contributed by atoms with Crippen LogP contribution in [0.1, 0.15) is 26.2 Å². The Morgan fingerprint density at radius 3 is 2.64 bits per heavy atom. The van der Waals surface area contributed by atoms with Crippen molar-refractivity contribution >= 4 is 12.0 Å². The van der Waals surface area contributed by atoms with E-state index >= 15 is 0 Å². The Morgan fingerprint density at radius 1 is 1.57 bits per heavy atom. The van der Waals surface area contributed by atoms with Gasteiger partial charge in [0.05, 0.1) is 0 Å². The molecule has 3 N–H and O–H groups in total. The normalized spacial score (nSPS) is 27.4. The summed E-state index contributed by atoms with van der Waals surface area (Å²) in [7, 11) is 0. The molecule has 14 heavy (non-hydrogen) atoms. The molecule has 0 aromatic carbocycles. The summed E-state index contributed by atoms with van der Waals surface area (Å²) in [4.78, 5) is 23.1. The molecule has 5 nitrogen and oxygen atoms in total. The first-order chi connectivity index (χ1) is 6.56. The van der Waals surface area contributed by atoms with E-state index in [9.17, 15) is 9.59 Å². The number of hydrogen-bond acceptors (Lipinski definition) is 2. The molecule has 1 fully saturated rings. The average Bonchev–Trinajstić information content (AvgIpc) is 2.16. The Labute approximate surface area is 82.9 Å². The summed E-state index contributed by atoms with van der Waals surface area (Å²) in [5.74, 6) is -0.561. The molecule has 1 aliphatic rings. The van der Waals surface area contributed by atoms with Gasteiger partial charge in [-0.1, -0.05) is 13.3 Å². The summed E-state index contributed by atoms with van der Waals surface area (Å²) in [6.07, 6.45) is 2.33. The summed E-state index contributed by atoms with van der Waals surface area (Å²) >= 11 is 0. The lowest BCUT2D eigenvalue weighted by molar-refractivity contribution is -0.143. The largest absolute Gasteiger partial charge is 0.480 e. The fourth-order valence-electron chi connectivity index (χ4n) is 1.91. The third-order valence-corrected chi connectivity index (χ3v) is 2.86. The molecular weight excluding hydrogens is 184 g/mol. The standard InChI is InChI=1S/C9H16N2O3/c1-2-6-3-4-11(9(10)14)7(5-6)8(12)13/h6-7H,2-5H2,1H3,(H2,10,14)(H,12,13). The van der Waals surface area contributed by atoms with Crippen LogP contribution in [-0.2, 0) is 4.79 Å². The number of rotatable bonds is 2. The summed E-state index contributed by atoms with van der Waals surface area (Å²) in [5.41, 5.74) is 5.11. The van der Waals surface area contributed by atoms with Gasteiger partial charge in [0, 0.05) is 6.54 Å². The van der Waals surface area contributed by atoms with Gasteiger partial charge >= 0.3 is 12.0 Å². The van der Waals surface area contributed by atoms with Gasteiger partial charge in [-0.25, -0.2) is 9.59 Å². The van der Waals surface area contributed by atoms with Crippen LogP contribution in [0.5, 0.6) is 0 Å². The number of nitrogens with two attached hydrogens (primary N) is 1. The number of nitrogens with zero attached hydrogens (tertiary/aromatic N) is 1. The van der Waals surface area contributed by atoms with Crippen molar-refractivity contribution in [3.05, 3.63) is 0 Å². The van der Waals surface area contributed by atoms with Crippen LogP contribution in [0.15, 0.2) is 0 Å². The predicted molar refractivity (Wildman–Crippen MR) is 50.7 cm³/mol. The number of likely N-dealkylation sites (tertiary alicyclic amines) is 1. The summed E-state index contributed by atoms with van der Waals surface area (Å²) < 4.78 is 0. The minimum absolute atomic E-state index is 0.395. The van der Waals surface area contributed by atoms with Crippen LogP contribution in [0.3, 0.4) is 0 Å². The summed E-state index contributed by atoms with van der Waals surface area (Å²) in [6.45, 7) is 2.49. The lowest BCUT2D eigenvalue weighted by Gasteiger charge is -2.35. The van der Waals surface area contributed by atoms with Crippen molar-refractivity contribution in [2.75, 3.05) is 6.54 Å². The number of carboxylic acids is 1. The zero-order valence-corrected chi connectivity index (χ0v) is 8.27. The van der Waals surface area contributed by atoms with Gasteiger partial charge in [0.1, 0.15) is 6.04 Å². The minimum Gasteiger partial charge on any atom is -0.480 e. The maximum Gasteiger partial charge on any atom is 0.326 e. The maximum atomic E-state index is 10.9. The third-order valence-electron chi connectivity index (χ3n) is 2.86. The second-order valence-corrected chi connectivity index (χ2v) is 3.68. The monoisotopic (exact) mass is 200 g/mol. The summed E-state index contributed by atoms with van der Waals surface area (Å²) in [5, 5.41) is 8.92.